The first kappa shape index (κ1) is 17.7. The number of hydrogen-bond acceptors (Lipinski definition) is 1. The third-order valence-corrected chi connectivity index (χ3v) is 6.21. The molecule has 2 saturated carbocycles. The molecule has 3 rings (SSSR count). The fourth-order valence-corrected chi connectivity index (χ4v) is 4.77. The first-order chi connectivity index (χ1) is 11.7. The molecule has 1 aromatic rings. The third-order valence-electron chi connectivity index (χ3n) is 6.21. The van der Waals surface area contributed by atoms with Crippen molar-refractivity contribution >= 4 is 0 Å². The van der Waals surface area contributed by atoms with Gasteiger partial charge >= 0.3 is 0 Å². The van der Waals surface area contributed by atoms with E-state index in [1.807, 2.05) is 0 Å². The van der Waals surface area contributed by atoms with Gasteiger partial charge in [-0.25, -0.2) is 4.39 Å². The number of halogens is 2. The van der Waals surface area contributed by atoms with Crippen LogP contribution in [0, 0.1) is 29.4 Å². The summed E-state index contributed by atoms with van der Waals surface area (Å²) in [6.07, 6.45) is 12.5. The lowest BCUT2D eigenvalue weighted by Crippen LogP contribution is -2.20. The van der Waals surface area contributed by atoms with Crippen LogP contribution in [0.3, 0.4) is 0 Å². The molecule has 0 amide bonds. The summed E-state index contributed by atoms with van der Waals surface area (Å²) in [7, 11) is 0. The maximum atomic E-state index is 14.2. The van der Waals surface area contributed by atoms with Crippen molar-refractivity contribution in [2.24, 2.45) is 17.8 Å². The molecule has 0 bridgehead atoms. The molecule has 2 fully saturated rings. The fraction of sp³-hybridized carbons (Fsp3) is 0.714. The maximum absolute atomic E-state index is 14.2. The van der Waals surface area contributed by atoms with Gasteiger partial charge in [-0.2, -0.15) is 4.39 Å². The summed E-state index contributed by atoms with van der Waals surface area (Å²) in [6.45, 7) is 2.12. The van der Waals surface area contributed by atoms with Gasteiger partial charge in [0.1, 0.15) is 0 Å². The summed E-state index contributed by atoms with van der Waals surface area (Å²) in [5.74, 6) is 1.05. The molecule has 0 heterocycles. The second kappa shape index (κ2) is 8.31. The zero-order chi connectivity index (χ0) is 16.9. The number of hydrogen-bond donors (Lipinski definition) is 0. The van der Waals surface area contributed by atoms with Gasteiger partial charge < -0.3 is 4.74 Å². The van der Waals surface area contributed by atoms with Crippen molar-refractivity contribution in [1.82, 2.24) is 0 Å². The minimum absolute atomic E-state index is 0.0239. The lowest BCUT2D eigenvalue weighted by atomic mass is 9.74. The summed E-state index contributed by atoms with van der Waals surface area (Å²) >= 11 is 0. The minimum atomic E-state index is -0.834. The summed E-state index contributed by atoms with van der Waals surface area (Å²) in [5, 5.41) is 0. The molecule has 0 aliphatic heterocycles. The van der Waals surface area contributed by atoms with Crippen molar-refractivity contribution < 1.29 is 13.5 Å². The number of aryl methyl sites for hydroxylation is 1. The van der Waals surface area contributed by atoms with Gasteiger partial charge in [0, 0.05) is 0 Å². The Morgan fingerprint density at radius 3 is 2.25 bits per heavy atom. The number of rotatable bonds is 6. The van der Waals surface area contributed by atoms with E-state index in [4.69, 9.17) is 4.74 Å². The van der Waals surface area contributed by atoms with Gasteiger partial charge in [0.2, 0.25) is 5.82 Å². The molecule has 0 radical (unpaired) electrons. The monoisotopic (exact) mass is 336 g/mol. The molecule has 24 heavy (non-hydrogen) atoms. The molecule has 0 spiro atoms. The highest BCUT2D eigenvalue weighted by atomic mass is 19.2. The molecule has 0 N–H and O–H groups in total. The summed E-state index contributed by atoms with van der Waals surface area (Å²) in [6, 6.07) is 3.25. The Hall–Kier alpha value is -1.12. The van der Waals surface area contributed by atoms with Crippen LogP contribution >= 0.6 is 0 Å². The Labute approximate surface area is 144 Å². The van der Waals surface area contributed by atoms with Crippen molar-refractivity contribution in [2.75, 3.05) is 6.61 Å². The molecule has 1 nitrogen and oxygen atoms in total. The summed E-state index contributed by atoms with van der Waals surface area (Å²) in [5.41, 5.74) is 0.494. The molecular weight excluding hydrogens is 306 g/mol. The van der Waals surface area contributed by atoms with Crippen LogP contribution in [0.15, 0.2) is 12.1 Å². The van der Waals surface area contributed by atoms with Crippen LogP contribution < -0.4 is 4.74 Å². The molecule has 0 aromatic heterocycles. The third kappa shape index (κ3) is 4.10. The van der Waals surface area contributed by atoms with Crippen molar-refractivity contribution in [3.05, 3.63) is 29.3 Å². The Kier molecular flexibility index (Phi) is 6.13. The van der Waals surface area contributed by atoms with Crippen LogP contribution in [0.2, 0.25) is 0 Å². The molecule has 0 saturated heterocycles. The highest BCUT2D eigenvalue weighted by Gasteiger charge is 2.29. The standard InChI is InChI=1S/C21H30F2O/c1-2-24-19-14-13-18(20(22)21(19)23)12-9-15-7-10-17(11-8-15)16-5-3-4-6-16/h13-17H,2-12H2,1H3. The van der Waals surface area contributed by atoms with Gasteiger partial charge in [-0.05, 0) is 62.0 Å². The average Bonchev–Trinajstić information content (AvgIpc) is 3.14. The SMILES string of the molecule is CCOc1ccc(CCC2CCC(C3CCCC3)CC2)c(F)c1F. The van der Waals surface area contributed by atoms with Crippen molar-refractivity contribution in [3.8, 4) is 5.75 Å². The van der Waals surface area contributed by atoms with Gasteiger partial charge in [-0.15, -0.1) is 0 Å². The van der Waals surface area contributed by atoms with E-state index in [1.54, 1.807) is 19.1 Å². The quantitative estimate of drug-likeness (QED) is 0.593. The molecule has 0 unspecified atom stereocenters. The second-order valence-corrected chi connectivity index (χ2v) is 7.65. The highest BCUT2D eigenvalue weighted by molar-refractivity contribution is 5.31. The molecule has 134 valence electrons. The van der Waals surface area contributed by atoms with E-state index in [9.17, 15) is 8.78 Å². The largest absolute Gasteiger partial charge is 0.491 e. The molecule has 0 atom stereocenters. The second-order valence-electron chi connectivity index (χ2n) is 7.65. The predicted octanol–water partition coefficient (Wildman–Crippen LogP) is 6.29. The van der Waals surface area contributed by atoms with E-state index in [0.717, 1.165) is 18.3 Å². The number of benzene rings is 1. The number of ether oxygens (including phenoxy) is 1. The molecule has 1 aromatic carbocycles. The topological polar surface area (TPSA) is 9.23 Å². The normalized spacial score (nSPS) is 25.1. The van der Waals surface area contributed by atoms with E-state index in [1.165, 1.54) is 51.4 Å². The van der Waals surface area contributed by atoms with E-state index in [-0.39, 0.29) is 5.75 Å². The highest BCUT2D eigenvalue weighted by Crippen LogP contribution is 2.41. The van der Waals surface area contributed by atoms with Crippen LogP contribution in [-0.2, 0) is 6.42 Å². The maximum Gasteiger partial charge on any atom is 0.200 e. The van der Waals surface area contributed by atoms with Gasteiger partial charge in [-0.1, -0.05) is 44.6 Å². The molecule has 2 aliphatic rings. The van der Waals surface area contributed by atoms with Crippen LogP contribution in [0.25, 0.3) is 0 Å². The Bertz CT molecular complexity index is 529. The van der Waals surface area contributed by atoms with E-state index in [0.29, 0.717) is 24.5 Å². The Morgan fingerprint density at radius 1 is 0.917 bits per heavy atom. The van der Waals surface area contributed by atoms with E-state index < -0.39 is 11.6 Å². The van der Waals surface area contributed by atoms with Gasteiger partial charge in [-0.3, -0.25) is 0 Å². The summed E-state index contributed by atoms with van der Waals surface area (Å²) < 4.78 is 33.2. The summed E-state index contributed by atoms with van der Waals surface area (Å²) in [4.78, 5) is 0. The van der Waals surface area contributed by atoms with Crippen LogP contribution in [0.5, 0.6) is 5.75 Å². The zero-order valence-corrected chi connectivity index (χ0v) is 14.8. The van der Waals surface area contributed by atoms with Crippen LogP contribution in [-0.4, -0.2) is 6.61 Å². The van der Waals surface area contributed by atoms with Gasteiger partial charge in [0.15, 0.2) is 11.6 Å². The van der Waals surface area contributed by atoms with Crippen LogP contribution in [0.1, 0.15) is 70.3 Å². The first-order valence-corrected chi connectivity index (χ1v) is 9.78. The van der Waals surface area contributed by atoms with Crippen molar-refractivity contribution in [3.63, 3.8) is 0 Å². The van der Waals surface area contributed by atoms with E-state index in [2.05, 4.69) is 0 Å². The Morgan fingerprint density at radius 2 is 1.58 bits per heavy atom. The smallest absolute Gasteiger partial charge is 0.200 e. The molecule has 3 heteroatoms. The zero-order valence-electron chi connectivity index (χ0n) is 14.8. The lowest BCUT2D eigenvalue weighted by molar-refractivity contribution is 0.200. The van der Waals surface area contributed by atoms with Gasteiger partial charge in [0.05, 0.1) is 6.61 Å². The Balaban J connectivity index is 1.49. The molecule has 2 aliphatic carbocycles. The molecular formula is C21H30F2O. The first-order valence-electron chi connectivity index (χ1n) is 9.78. The average molecular weight is 336 g/mol. The lowest BCUT2D eigenvalue weighted by Gasteiger charge is -2.32. The van der Waals surface area contributed by atoms with E-state index >= 15 is 0 Å². The van der Waals surface area contributed by atoms with Crippen molar-refractivity contribution in [2.45, 2.75) is 71.1 Å². The van der Waals surface area contributed by atoms with Crippen LogP contribution in [0.4, 0.5) is 8.78 Å². The predicted molar refractivity (Wildman–Crippen MR) is 93.3 cm³/mol. The van der Waals surface area contributed by atoms with Crippen molar-refractivity contribution in [1.29, 1.82) is 0 Å². The van der Waals surface area contributed by atoms with Gasteiger partial charge in [0.25, 0.3) is 0 Å². The fourth-order valence-electron chi connectivity index (χ4n) is 4.77. The minimum Gasteiger partial charge on any atom is -0.491 e.